The second kappa shape index (κ2) is 10.1. The van der Waals surface area contributed by atoms with E-state index >= 15 is 0 Å². The minimum Gasteiger partial charge on any atom is -0.489 e. The highest BCUT2D eigenvalue weighted by molar-refractivity contribution is 6.35. The summed E-state index contributed by atoms with van der Waals surface area (Å²) in [5, 5.41) is 15.0. The number of hydrogen-bond donors (Lipinski definition) is 3. The molecule has 0 saturated carbocycles. The number of carboxylic acids is 1. The number of para-hydroxylation sites is 1. The molecule has 164 valence electrons. The van der Waals surface area contributed by atoms with Gasteiger partial charge in [0.2, 0.25) is 0 Å². The molecule has 0 saturated heterocycles. The molecule has 4 rings (SSSR count). The van der Waals surface area contributed by atoms with E-state index in [4.69, 9.17) is 27.9 Å². The van der Waals surface area contributed by atoms with E-state index in [2.05, 4.69) is 10.3 Å². The highest BCUT2D eigenvalue weighted by atomic mass is 35.5. The van der Waals surface area contributed by atoms with E-state index in [0.717, 1.165) is 27.6 Å². The number of H-pyrrole nitrogens is 1. The fourth-order valence-corrected chi connectivity index (χ4v) is 3.97. The highest BCUT2D eigenvalue weighted by Crippen LogP contribution is 2.23. The number of aromatic nitrogens is 1. The smallest absolute Gasteiger partial charge is 0.321 e. The zero-order chi connectivity index (χ0) is 22.5. The summed E-state index contributed by atoms with van der Waals surface area (Å²) in [4.78, 5) is 15.0. The Bertz CT molecular complexity index is 1220. The number of rotatable bonds is 9. The van der Waals surface area contributed by atoms with Gasteiger partial charge in [0, 0.05) is 45.7 Å². The summed E-state index contributed by atoms with van der Waals surface area (Å²) in [7, 11) is 0. The molecule has 0 aliphatic rings. The third-order valence-electron chi connectivity index (χ3n) is 5.28. The van der Waals surface area contributed by atoms with Gasteiger partial charge in [-0.05, 0) is 41.5 Å². The molecular weight excluding hydrogens is 447 g/mol. The third-order valence-corrected chi connectivity index (χ3v) is 5.87. The van der Waals surface area contributed by atoms with Crippen molar-refractivity contribution >= 4 is 40.1 Å². The molecule has 0 radical (unpaired) electrons. The lowest BCUT2D eigenvalue weighted by Crippen LogP contribution is -2.38. The number of hydrogen-bond acceptors (Lipinski definition) is 3. The van der Waals surface area contributed by atoms with Crippen LogP contribution in [0.4, 0.5) is 0 Å². The Morgan fingerprint density at radius 1 is 1.03 bits per heavy atom. The van der Waals surface area contributed by atoms with Gasteiger partial charge in [0.1, 0.15) is 18.4 Å². The molecule has 1 heterocycles. The van der Waals surface area contributed by atoms with Crippen molar-refractivity contribution < 1.29 is 14.6 Å². The Labute approximate surface area is 195 Å². The minimum atomic E-state index is -0.880. The van der Waals surface area contributed by atoms with Gasteiger partial charge in [-0.3, -0.25) is 4.79 Å². The quantitative estimate of drug-likeness (QED) is 0.288. The molecule has 0 aliphatic carbocycles. The largest absolute Gasteiger partial charge is 0.489 e. The van der Waals surface area contributed by atoms with Crippen LogP contribution in [0.25, 0.3) is 10.9 Å². The number of carbonyl (C=O) groups is 1. The van der Waals surface area contributed by atoms with Crippen LogP contribution in [0.15, 0.2) is 72.9 Å². The lowest BCUT2D eigenvalue weighted by Gasteiger charge is -2.15. The van der Waals surface area contributed by atoms with Crippen molar-refractivity contribution in [3.8, 4) is 5.75 Å². The molecule has 7 heteroatoms. The van der Waals surface area contributed by atoms with Gasteiger partial charge in [-0.1, -0.05) is 59.6 Å². The van der Waals surface area contributed by atoms with Crippen LogP contribution in [0.2, 0.25) is 10.0 Å². The summed E-state index contributed by atoms with van der Waals surface area (Å²) >= 11 is 12.1. The summed E-state index contributed by atoms with van der Waals surface area (Å²) in [5.74, 6) is -0.177. The van der Waals surface area contributed by atoms with Crippen molar-refractivity contribution in [2.24, 2.45) is 0 Å². The van der Waals surface area contributed by atoms with Crippen LogP contribution in [-0.4, -0.2) is 22.1 Å². The van der Waals surface area contributed by atoms with Crippen molar-refractivity contribution in [1.29, 1.82) is 0 Å². The molecule has 3 aromatic carbocycles. The van der Waals surface area contributed by atoms with Crippen LogP contribution < -0.4 is 10.1 Å². The SMILES string of the molecule is O=C(O)[C@@H](Cc1c[nH]c2ccccc12)NCc1ccc(OCc2ccc(Cl)cc2Cl)cc1. The number of nitrogens with one attached hydrogen (secondary N) is 2. The fourth-order valence-electron chi connectivity index (χ4n) is 3.51. The standard InChI is InChI=1S/C25H22Cl2N2O3/c26-19-8-7-17(22(27)12-19)15-32-20-9-5-16(6-10-20)13-28-24(25(30)31)11-18-14-29-23-4-2-1-3-21(18)23/h1-10,12,14,24,28-29H,11,13,15H2,(H,30,31)/t24-/m1/s1. The molecule has 0 aliphatic heterocycles. The van der Waals surface area contributed by atoms with Crippen LogP contribution in [0.5, 0.6) is 5.75 Å². The van der Waals surface area contributed by atoms with E-state index in [1.807, 2.05) is 60.8 Å². The van der Waals surface area contributed by atoms with Crippen LogP contribution in [0, 0.1) is 0 Å². The summed E-state index contributed by atoms with van der Waals surface area (Å²) in [6.45, 7) is 0.766. The maximum Gasteiger partial charge on any atom is 0.321 e. The topological polar surface area (TPSA) is 74.3 Å². The summed E-state index contributed by atoms with van der Waals surface area (Å²) in [6, 6.07) is 20.0. The number of aromatic amines is 1. The average Bonchev–Trinajstić information content (AvgIpc) is 3.19. The minimum absolute atomic E-state index is 0.333. The molecule has 0 unspecified atom stereocenters. The average molecular weight is 469 g/mol. The lowest BCUT2D eigenvalue weighted by molar-refractivity contribution is -0.139. The van der Waals surface area contributed by atoms with Crippen LogP contribution in [0.3, 0.4) is 0 Å². The molecule has 0 fully saturated rings. The fraction of sp³-hybridized carbons (Fsp3) is 0.160. The maximum atomic E-state index is 11.8. The summed E-state index contributed by atoms with van der Waals surface area (Å²) in [5.41, 5.74) is 3.79. The van der Waals surface area contributed by atoms with Crippen molar-refractivity contribution in [3.05, 3.63) is 99.7 Å². The molecule has 3 N–H and O–H groups in total. The Morgan fingerprint density at radius 3 is 2.56 bits per heavy atom. The third kappa shape index (κ3) is 5.43. The van der Waals surface area contributed by atoms with Crippen molar-refractivity contribution in [3.63, 3.8) is 0 Å². The molecule has 0 amide bonds. The van der Waals surface area contributed by atoms with Gasteiger partial charge in [0.25, 0.3) is 0 Å². The summed E-state index contributed by atoms with van der Waals surface area (Å²) in [6.07, 6.45) is 2.27. The molecule has 0 spiro atoms. The zero-order valence-electron chi connectivity index (χ0n) is 17.1. The van der Waals surface area contributed by atoms with Gasteiger partial charge < -0.3 is 20.1 Å². The van der Waals surface area contributed by atoms with E-state index in [1.165, 1.54) is 0 Å². The van der Waals surface area contributed by atoms with Gasteiger partial charge in [-0.15, -0.1) is 0 Å². The van der Waals surface area contributed by atoms with E-state index in [9.17, 15) is 9.90 Å². The van der Waals surface area contributed by atoms with Crippen LogP contribution >= 0.6 is 23.2 Å². The van der Waals surface area contributed by atoms with Crippen LogP contribution in [0.1, 0.15) is 16.7 Å². The first-order valence-corrected chi connectivity index (χ1v) is 10.9. The monoisotopic (exact) mass is 468 g/mol. The first-order valence-electron chi connectivity index (χ1n) is 10.2. The number of benzene rings is 3. The first-order chi connectivity index (χ1) is 15.5. The number of aliphatic carboxylic acids is 1. The molecule has 4 aromatic rings. The van der Waals surface area contributed by atoms with Crippen molar-refractivity contribution in [1.82, 2.24) is 10.3 Å². The Balaban J connectivity index is 1.34. The van der Waals surface area contributed by atoms with Crippen molar-refractivity contribution in [2.75, 3.05) is 0 Å². The van der Waals surface area contributed by atoms with Gasteiger partial charge in [0.05, 0.1) is 0 Å². The number of halogens is 2. The van der Waals surface area contributed by atoms with Gasteiger partial charge in [0.15, 0.2) is 0 Å². The van der Waals surface area contributed by atoms with E-state index in [-0.39, 0.29) is 0 Å². The predicted octanol–water partition coefficient (Wildman–Crippen LogP) is 5.84. The predicted molar refractivity (Wildman–Crippen MR) is 128 cm³/mol. The first kappa shape index (κ1) is 22.2. The molecule has 0 bridgehead atoms. The molecular formula is C25H22Cl2N2O3. The Kier molecular flexibility index (Phi) is 7.00. The van der Waals surface area contributed by atoms with E-state index < -0.39 is 12.0 Å². The lowest BCUT2D eigenvalue weighted by atomic mass is 10.0. The molecule has 32 heavy (non-hydrogen) atoms. The summed E-state index contributed by atoms with van der Waals surface area (Å²) < 4.78 is 5.80. The van der Waals surface area contributed by atoms with E-state index in [0.29, 0.717) is 35.4 Å². The number of ether oxygens (including phenoxy) is 1. The van der Waals surface area contributed by atoms with Gasteiger partial charge in [-0.25, -0.2) is 0 Å². The molecule has 1 atom stereocenters. The number of fused-ring (bicyclic) bond motifs is 1. The highest BCUT2D eigenvalue weighted by Gasteiger charge is 2.19. The normalized spacial score (nSPS) is 12.1. The maximum absolute atomic E-state index is 11.8. The van der Waals surface area contributed by atoms with Gasteiger partial charge >= 0.3 is 5.97 Å². The molecule has 5 nitrogen and oxygen atoms in total. The second-order valence-corrected chi connectivity index (χ2v) is 8.35. The Hall–Kier alpha value is -2.99. The molecule has 1 aromatic heterocycles. The Morgan fingerprint density at radius 2 is 1.81 bits per heavy atom. The number of carboxylic acid groups (broad SMARTS) is 1. The van der Waals surface area contributed by atoms with E-state index in [1.54, 1.807) is 12.1 Å². The van der Waals surface area contributed by atoms with Crippen LogP contribution in [-0.2, 0) is 24.4 Å². The van der Waals surface area contributed by atoms with Gasteiger partial charge in [-0.2, -0.15) is 0 Å². The second-order valence-electron chi connectivity index (χ2n) is 7.50. The zero-order valence-corrected chi connectivity index (χ0v) is 18.7. The van der Waals surface area contributed by atoms with Crippen molar-refractivity contribution in [2.45, 2.75) is 25.6 Å².